The molecule has 1 aliphatic carbocycles. The minimum Gasteiger partial charge on any atom is -0.345 e. The summed E-state index contributed by atoms with van der Waals surface area (Å²) in [6, 6.07) is 8.64. The lowest BCUT2D eigenvalue weighted by Gasteiger charge is -2.24. The SMILES string of the molecule is Cc1[nH]c(C2CCCC(N)C2)nc1-c1ccc(Br)cc1. The lowest BCUT2D eigenvalue weighted by molar-refractivity contribution is 0.383. The highest BCUT2D eigenvalue weighted by Gasteiger charge is 2.24. The fourth-order valence-corrected chi connectivity index (χ4v) is 3.31. The van der Waals surface area contributed by atoms with Gasteiger partial charge in [-0.3, -0.25) is 0 Å². The van der Waals surface area contributed by atoms with E-state index in [4.69, 9.17) is 10.7 Å². The predicted molar refractivity (Wildman–Crippen MR) is 85.6 cm³/mol. The maximum atomic E-state index is 6.09. The molecular formula is C16H20BrN3. The molecule has 0 spiro atoms. The molecule has 2 atom stereocenters. The summed E-state index contributed by atoms with van der Waals surface area (Å²) in [4.78, 5) is 8.31. The van der Waals surface area contributed by atoms with Crippen molar-refractivity contribution in [1.29, 1.82) is 0 Å². The monoisotopic (exact) mass is 333 g/mol. The van der Waals surface area contributed by atoms with Crippen molar-refractivity contribution in [2.75, 3.05) is 0 Å². The zero-order valence-electron chi connectivity index (χ0n) is 11.7. The zero-order valence-corrected chi connectivity index (χ0v) is 13.3. The number of aromatic nitrogens is 2. The molecule has 2 unspecified atom stereocenters. The number of halogens is 1. The van der Waals surface area contributed by atoms with Crippen LogP contribution in [0.5, 0.6) is 0 Å². The van der Waals surface area contributed by atoms with Gasteiger partial charge in [0.15, 0.2) is 0 Å². The van der Waals surface area contributed by atoms with Crippen molar-refractivity contribution >= 4 is 15.9 Å². The predicted octanol–water partition coefficient (Wildman–Crippen LogP) is 4.13. The van der Waals surface area contributed by atoms with Gasteiger partial charge in [-0.2, -0.15) is 0 Å². The van der Waals surface area contributed by atoms with E-state index in [-0.39, 0.29) is 0 Å². The summed E-state index contributed by atoms with van der Waals surface area (Å²) in [5, 5.41) is 0. The van der Waals surface area contributed by atoms with Crippen LogP contribution in [-0.2, 0) is 0 Å². The van der Waals surface area contributed by atoms with Crippen LogP contribution in [0.2, 0.25) is 0 Å². The summed E-state index contributed by atoms with van der Waals surface area (Å²) in [5.74, 6) is 1.59. The van der Waals surface area contributed by atoms with Gasteiger partial charge in [0.2, 0.25) is 0 Å². The van der Waals surface area contributed by atoms with Gasteiger partial charge in [-0.25, -0.2) is 4.98 Å². The second-order valence-electron chi connectivity index (χ2n) is 5.73. The number of nitrogens with two attached hydrogens (primary N) is 1. The Kier molecular flexibility index (Phi) is 3.94. The molecule has 3 N–H and O–H groups in total. The molecule has 1 heterocycles. The number of hydrogen-bond acceptors (Lipinski definition) is 2. The van der Waals surface area contributed by atoms with Gasteiger partial charge in [-0.05, 0) is 38.3 Å². The van der Waals surface area contributed by atoms with Gasteiger partial charge in [0, 0.05) is 27.7 Å². The Labute approximate surface area is 128 Å². The molecule has 1 aliphatic rings. The average molecular weight is 334 g/mol. The molecule has 3 nitrogen and oxygen atoms in total. The summed E-state index contributed by atoms with van der Waals surface area (Å²) >= 11 is 3.47. The molecule has 1 saturated carbocycles. The highest BCUT2D eigenvalue weighted by atomic mass is 79.9. The molecule has 106 valence electrons. The number of H-pyrrole nitrogens is 1. The molecule has 3 rings (SSSR count). The zero-order chi connectivity index (χ0) is 14.1. The van der Waals surface area contributed by atoms with Crippen LogP contribution < -0.4 is 5.73 Å². The van der Waals surface area contributed by atoms with Crippen molar-refractivity contribution in [1.82, 2.24) is 9.97 Å². The molecule has 0 radical (unpaired) electrons. The largest absolute Gasteiger partial charge is 0.345 e. The van der Waals surface area contributed by atoms with E-state index in [2.05, 4.69) is 52.1 Å². The summed E-state index contributed by atoms with van der Waals surface area (Å²) in [6.07, 6.45) is 4.60. The van der Waals surface area contributed by atoms with Crippen molar-refractivity contribution in [3.8, 4) is 11.3 Å². The fourth-order valence-electron chi connectivity index (χ4n) is 3.04. The van der Waals surface area contributed by atoms with Crippen molar-refractivity contribution < 1.29 is 0 Å². The van der Waals surface area contributed by atoms with Crippen LogP contribution >= 0.6 is 15.9 Å². The highest BCUT2D eigenvalue weighted by molar-refractivity contribution is 9.10. The Balaban J connectivity index is 1.88. The number of benzene rings is 1. The Morgan fingerprint density at radius 3 is 2.70 bits per heavy atom. The Morgan fingerprint density at radius 1 is 1.25 bits per heavy atom. The van der Waals surface area contributed by atoms with Gasteiger partial charge >= 0.3 is 0 Å². The number of nitrogens with zero attached hydrogens (tertiary/aromatic N) is 1. The van der Waals surface area contributed by atoms with Crippen LogP contribution in [0, 0.1) is 6.92 Å². The van der Waals surface area contributed by atoms with Crippen molar-refractivity contribution in [3.05, 3.63) is 40.3 Å². The molecule has 2 aromatic rings. The number of aromatic amines is 1. The average Bonchev–Trinajstić information content (AvgIpc) is 2.82. The second kappa shape index (κ2) is 5.70. The smallest absolute Gasteiger partial charge is 0.110 e. The lowest BCUT2D eigenvalue weighted by Crippen LogP contribution is -2.27. The fraction of sp³-hybridized carbons (Fsp3) is 0.438. The van der Waals surface area contributed by atoms with Gasteiger partial charge in [-0.1, -0.05) is 34.5 Å². The topological polar surface area (TPSA) is 54.7 Å². The summed E-state index contributed by atoms with van der Waals surface area (Å²) in [6.45, 7) is 2.09. The number of imidazole rings is 1. The van der Waals surface area contributed by atoms with E-state index in [1.807, 2.05) is 0 Å². The van der Waals surface area contributed by atoms with Crippen LogP contribution in [0.15, 0.2) is 28.7 Å². The van der Waals surface area contributed by atoms with Gasteiger partial charge in [0.1, 0.15) is 5.82 Å². The van der Waals surface area contributed by atoms with Crippen LogP contribution in [0.4, 0.5) is 0 Å². The van der Waals surface area contributed by atoms with Gasteiger partial charge in [0.25, 0.3) is 0 Å². The molecule has 1 aromatic carbocycles. The number of aryl methyl sites for hydroxylation is 1. The quantitative estimate of drug-likeness (QED) is 0.867. The molecule has 20 heavy (non-hydrogen) atoms. The van der Waals surface area contributed by atoms with Crippen molar-refractivity contribution in [3.63, 3.8) is 0 Å². The Hall–Kier alpha value is -1.13. The van der Waals surface area contributed by atoms with E-state index in [1.165, 1.54) is 12.8 Å². The standard InChI is InChI=1S/C16H20BrN3/c1-10-15(11-5-7-13(17)8-6-11)20-16(19-10)12-3-2-4-14(18)9-12/h5-8,12,14H,2-4,9,18H2,1H3,(H,19,20). The Bertz CT molecular complexity index is 588. The maximum Gasteiger partial charge on any atom is 0.110 e. The number of rotatable bonds is 2. The van der Waals surface area contributed by atoms with E-state index in [9.17, 15) is 0 Å². The van der Waals surface area contributed by atoms with Gasteiger partial charge in [0.05, 0.1) is 5.69 Å². The van der Waals surface area contributed by atoms with Crippen molar-refractivity contribution in [2.24, 2.45) is 5.73 Å². The van der Waals surface area contributed by atoms with E-state index in [0.717, 1.165) is 40.1 Å². The molecule has 0 amide bonds. The first-order chi connectivity index (χ1) is 9.63. The first kappa shape index (κ1) is 13.8. The van der Waals surface area contributed by atoms with Crippen LogP contribution in [0.25, 0.3) is 11.3 Å². The Morgan fingerprint density at radius 2 is 2.00 bits per heavy atom. The van der Waals surface area contributed by atoms with Crippen LogP contribution in [0.1, 0.15) is 43.1 Å². The molecule has 0 aliphatic heterocycles. The molecule has 1 aromatic heterocycles. The number of hydrogen-bond donors (Lipinski definition) is 2. The third kappa shape index (κ3) is 2.81. The third-order valence-corrected chi connectivity index (χ3v) is 4.65. The molecule has 0 bridgehead atoms. The molecule has 0 saturated heterocycles. The number of nitrogens with one attached hydrogen (secondary N) is 1. The third-order valence-electron chi connectivity index (χ3n) is 4.12. The summed E-state index contributed by atoms with van der Waals surface area (Å²) in [7, 11) is 0. The first-order valence-corrected chi connectivity index (χ1v) is 8.01. The summed E-state index contributed by atoms with van der Waals surface area (Å²) < 4.78 is 1.09. The van der Waals surface area contributed by atoms with E-state index in [0.29, 0.717) is 12.0 Å². The van der Waals surface area contributed by atoms with Crippen molar-refractivity contribution in [2.45, 2.75) is 44.6 Å². The van der Waals surface area contributed by atoms with Crippen LogP contribution in [0.3, 0.4) is 0 Å². The van der Waals surface area contributed by atoms with E-state index >= 15 is 0 Å². The normalized spacial score (nSPS) is 22.9. The minimum atomic E-state index is 0.329. The van der Waals surface area contributed by atoms with Gasteiger partial charge in [-0.15, -0.1) is 0 Å². The first-order valence-electron chi connectivity index (χ1n) is 7.21. The lowest BCUT2D eigenvalue weighted by atomic mass is 9.86. The molecule has 1 fully saturated rings. The second-order valence-corrected chi connectivity index (χ2v) is 6.64. The van der Waals surface area contributed by atoms with E-state index in [1.54, 1.807) is 0 Å². The van der Waals surface area contributed by atoms with Crippen LogP contribution in [-0.4, -0.2) is 16.0 Å². The highest BCUT2D eigenvalue weighted by Crippen LogP contribution is 2.33. The minimum absolute atomic E-state index is 0.329. The molecular weight excluding hydrogens is 314 g/mol. The van der Waals surface area contributed by atoms with Gasteiger partial charge < -0.3 is 10.7 Å². The molecule has 4 heteroatoms. The summed E-state index contributed by atoms with van der Waals surface area (Å²) in [5.41, 5.74) is 9.45. The maximum absolute atomic E-state index is 6.09. The van der Waals surface area contributed by atoms with E-state index < -0.39 is 0 Å².